The van der Waals surface area contributed by atoms with E-state index in [-0.39, 0.29) is 5.91 Å². The number of amides is 1. The maximum Gasteiger partial charge on any atom is 0.254 e. The van der Waals surface area contributed by atoms with Crippen LogP contribution < -0.4 is 5.73 Å². The fourth-order valence-electron chi connectivity index (χ4n) is 3.52. The van der Waals surface area contributed by atoms with E-state index >= 15 is 0 Å². The van der Waals surface area contributed by atoms with Gasteiger partial charge in [-0.05, 0) is 35.9 Å². The SMILES string of the molecule is COCCN(CCOC)C(=O)c1cccc(-c2cnc(N)c(-c3nc4ccccc4s3)c2)c1. The van der Waals surface area contributed by atoms with Gasteiger partial charge in [-0.15, -0.1) is 11.3 Å². The number of hydrogen-bond donors (Lipinski definition) is 1. The zero-order valence-electron chi connectivity index (χ0n) is 18.7. The quantitative estimate of drug-likeness (QED) is 0.398. The van der Waals surface area contributed by atoms with Crippen molar-refractivity contribution in [3.8, 4) is 21.7 Å². The smallest absolute Gasteiger partial charge is 0.254 e. The van der Waals surface area contributed by atoms with Gasteiger partial charge in [-0.3, -0.25) is 4.79 Å². The van der Waals surface area contributed by atoms with Gasteiger partial charge in [-0.1, -0.05) is 24.3 Å². The van der Waals surface area contributed by atoms with Gasteiger partial charge in [0, 0.05) is 44.6 Å². The zero-order chi connectivity index (χ0) is 23.2. The van der Waals surface area contributed by atoms with Crippen molar-refractivity contribution >= 4 is 33.3 Å². The molecule has 8 heteroatoms. The van der Waals surface area contributed by atoms with E-state index in [0.29, 0.717) is 37.7 Å². The highest BCUT2D eigenvalue weighted by Gasteiger charge is 2.17. The number of ether oxygens (including phenoxy) is 2. The van der Waals surface area contributed by atoms with Gasteiger partial charge in [-0.25, -0.2) is 9.97 Å². The number of para-hydroxylation sites is 1. The Labute approximate surface area is 196 Å². The molecule has 0 unspecified atom stereocenters. The largest absolute Gasteiger partial charge is 0.383 e. The normalized spacial score (nSPS) is 11.1. The molecule has 2 N–H and O–H groups in total. The second-order valence-electron chi connectivity index (χ2n) is 7.50. The lowest BCUT2D eigenvalue weighted by Gasteiger charge is -2.22. The monoisotopic (exact) mass is 462 g/mol. The summed E-state index contributed by atoms with van der Waals surface area (Å²) in [7, 11) is 3.24. The summed E-state index contributed by atoms with van der Waals surface area (Å²) < 4.78 is 11.4. The van der Waals surface area contributed by atoms with E-state index in [1.165, 1.54) is 0 Å². The Morgan fingerprint density at radius 2 is 1.76 bits per heavy atom. The minimum Gasteiger partial charge on any atom is -0.383 e. The molecule has 2 aromatic heterocycles. The predicted molar refractivity (Wildman–Crippen MR) is 132 cm³/mol. The lowest BCUT2D eigenvalue weighted by Crippen LogP contribution is -2.36. The third-order valence-electron chi connectivity index (χ3n) is 5.30. The van der Waals surface area contributed by atoms with Crippen molar-refractivity contribution in [2.24, 2.45) is 0 Å². The number of aromatic nitrogens is 2. The Hall–Kier alpha value is -3.33. The summed E-state index contributed by atoms with van der Waals surface area (Å²) in [5.74, 6) is 0.357. The average molecular weight is 463 g/mol. The van der Waals surface area contributed by atoms with Gasteiger partial charge in [0.2, 0.25) is 0 Å². The Balaban J connectivity index is 1.65. The molecule has 0 aliphatic heterocycles. The first-order valence-electron chi connectivity index (χ1n) is 10.6. The predicted octanol–water partition coefficient (Wildman–Crippen LogP) is 4.34. The first kappa shape index (κ1) is 22.8. The number of anilines is 1. The van der Waals surface area contributed by atoms with E-state index in [4.69, 9.17) is 20.2 Å². The highest BCUT2D eigenvalue weighted by Crippen LogP contribution is 2.35. The second-order valence-corrected chi connectivity index (χ2v) is 8.53. The molecule has 0 aliphatic carbocycles. The van der Waals surface area contributed by atoms with E-state index in [2.05, 4.69) is 4.98 Å². The molecule has 0 bridgehead atoms. The van der Waals surface area contributed by atoms with Crippen LogP contribution in [0.3, 0.4) is 0 Å². The number of nitrogens with zero attached hydrogens (tertiary/aromatic N) is 3. The fourth-order valence-corrected chi connectivity index (χ4v) is 4.51. The van der Waals surface area contributed by atoms with Crippen molar-refractivity contribution in [1.82, 2.24) is 14.9 Å². The van der Waals surface area contributed by atoms with Crippen LogP contribution in [0, 0.1) is 0 Å². The molecule has 4 aromatic rings. The zero-order valence-corrected chi connectivity index (χ0v) is 19.5. The van der Waals surface area contributed by atoms with Crippen LogP contribution in [-0.2, 0) is 9.47 Å². The molecule has 7 nitrogen and oxygen atoms in total. The molecule has 0 saturated heterocycles. The van der Waals surface area contributed by atoms with E-state index in [1.807, 2.05) is 54.6 Å². The van der Waals surface area contributed by atoms with Gasteiger partial charge in [0.15, 0.2) is 0 Å². The first-order valence-corrected chi connectivity index (χ1v) is 11.4. The Morgan fingerprint density at radius 3 is 2.48 bits per heavy atom. The Bertz CT molecular complexity index is 1220. The molecule has 0 radical (unpaired) electrons. The van der Waals surface area contributed by atoms with E-state index in [0.717, 1.165) is 31.9 Å². The van der Waals surface area contributed by atoms with E-state index in [1.54, 1.807) is 36.7 Å². The minimum atomic E-state index is -0.0687. The maximum atomic E-state index is 13.2. The molecule has 1 amide bonds. The van der Waals surface area contributed by atoms with Gasteiger partial charge < -0.3 is 20.1 Å². The first-order chi connectivity index (χ1) is 16.1. The van der Waals surface area contributed by atoms with Crippen LogP contribution in [0.2, 0.25) is 0 Å². The van der Waals surface area contributed by atoms with Crippen molar-refractivity contribution in [1.29, 1.82) is 0 Å². The number of rotatable bonds is 9. The average Bonchev–Trinajstić information content (AvgIpc) is 3.28. The Kier molecular flexibility index (Phi) is 7.29. The summed E-state index contributed by atoms with van der Waals surface area (Å²) in [6.07, 6.45) is 1.73. The lowest BCUT2D eigenvalue weighted by molar-refractivity contribution is 0.0627. The molecule has 0 spiro atoms. The summed E-state index contributed by atoms with van der Waals surface area (Å²) >= 11 is 1.58. The number of nitrogen functional groups attached to an aromatic ring is 1. The lowest BCUT2D eigenvalue weighted by atomic mass is 10.0. The van der Waals surface area contributed by atoms with Gasteiger partial charge in [-0.2, -0.15) is 0 Å². The topological polar surface area (TPSA) is 90.6 Å². The molecule has 0 saturated carbocycles. The van der Waals surface area contributed by atoms with Crippen molar-refractivity contribution in [3.05, 3.63) is 66.4 Å². The second kappa shape index (κ2) is 10.5. The molecule has 170 valence electrons. The molecule has 0 fully saturated rings. The molecule has 2 heterocycles. The van der Waals surface area contributed by atoms with E-state index in [9.17, 15) is 4.79 Å². The Morgan fingerprint density at radius 1 is 1.00 bits per heavy atom. The summed E-state index contributed by atoms with van der Waals surface area (Å²) in [4.78, 5) is 24.0. The van der Waals surface area contributed by atoms with Crippen molar-refractivity contribution in [3.63, 3.8) is 0 Å². The summed E-state index contributed by atoms with van der Waals surface area (Å²) in [6, 6.07) is 17.5. The molecule has 0 atom stereocenters. The van der Waals surface area contributed by atoms with Crippen molar-refractivity contribution in [2.75, 3.05) is 46.3 Å². The van der Waals surface area contributed by atoms with Gasteiger partial charge >= 0.3 is 0 Å². The number of benzene rings is 2. The van der Waals surface area contributed by atoms with Crippen molar-refractivity contribution < 1.29 is 14.3 Å². The molecular weight excluding hydrogens is 436 g/mol. The van der Waals surface area contributed by atoms with Crippen LogP contribution in [0.25, 0.3) is 31.9 Å². The molecule has 0 aliphatic rings. The molecular formula is C25H26N4O3S. The third-order valence-corrected chi connectivity index (χ3v) is 6.37. The highest BCUT2D eigenvalue weighted by atomic mass is 32.1. The van der Waals surface area contributed by atoms with Crippen LogP contribution in [0.15, 0.2) is 60.8 Å². The number of carbonyl (C=O) groups is 1. The number of carbonyl (C=O) groups excluding carboxylic acids is 1. The number of pyridine rings is 1. The summed E-state index contributed by atoms with van der Waals surface area (Å²) in [6.45, 7) is 1.91. The highest BCUT2D eigenvalue weighted by molar-refractivity contribution is 7.21. The molecule has 4 rings (SSSR count). The maximum absolute atomic E-state index is 13.2. The third kappa shape index (κ3) is 5.19. The van der Waals surface area contributed by atoms with Crippen molar-refractivity contribution in [2.45, 2.75) is 0 Å². The molecule has 2 aromatic carbocycles. The van der Waals surface area contributed by atoms with Crippen LogP contribution in [-0.4, -0.2) is 61.3 Å². The van der Waals surface area contributed by atoms with Crippen LogP contribution in [0.5, 0.6) is 0 Å². The summed E-state index contributed by atoms with van der Waals surface area (Å²) in [5, 5.41) is 0.820. The minimum absolute atomic E-state index is 0.0687. The summed E-state index contributed by atoms with van der Waals surface area (Å²) in [5.41, 5.74) is 10.3. The van der Waals surface area contributed by atoms with Gasteiger partial charge in [0.25, 0.3) is 5.91 Å². The number of nitrogens with two attached hydrogens (primary N) is 1. The van der Waals surface area contributed by atoms with Crippen LogP contribution >= 0.6 is 11.3 Å². The van der Waals surface area contributed by atoms with Crippen LogP contribution in [0.1, 0.15) is 10.4 Å². The fraction of sp³-hybridized carbons (Fsp3) is 0.240. The van der Waals surface area contributed by atoms with Crippen LogP contribution in [0.4, 0.5) is 5.82 Å². The standard InChI is InChI=1S/C25H26N4O3S/c1-31-12-10-29(11-13-32-2)25(30)18-7-5-6-17(14-18)19-15-20(23(26)27-16-19)24-28-21-8-3-4-9-22(21)33-24/h3-9,14-16H,10-13H2,1-2H3,(H2,26,27). The number of thiazole rings is 1. The van der Waals surface area contributed by atoms with Gasteiger partial charge in [0.05, 0.1) is 29.0 Å². The number of methoxy groups -OCH3 is 2. The number of fused-ring (bicyclic) bond motifs is 1. The number of hydrogen-bond acceptors (Lipinski definition) is 7. The van der Waals surface area contributed by atoms with E-state index < -0.39 is 0 Å². The van der Waals surface area contributed by atoms with Gasteiger partial charge in [0.1, 0.15) is 10.8 Å². The molecule has 33 heavy (non-hydrogen) atoms.